The van der Waals surface area contributed by atoms with Gasteiger partial charge in [0, 0.05) is 19.8 Å². The maximum absolute atomic E-state index is 12.5. The number of halogens is 2. The highest BCUT2D eigenvalue weighted by molar-refractivity contribution is 5.33. The van der Waals surface area contributed by atoms with Crippen LogP contribution in [0.25, 0.3) is 0 Å². The highest BCUT2D eigenvalue weighted by Gasteiger charge is 2.04. The van der Waals surface area contributed by atoms with Gasteiger partial charge in [0.1, 0.15) is 12.9 Å². The fourth-order valence-electron chi connectivity index (χ4n) is 1.05. The number of alkyl halides is 1. The molecule has 0 radical (unpaired) electrons. The average Bonchev–Trinajstić information content (AvgIpc) is 2.38. The molecule has 0 heterocycles. The molecule has 0 saturated carbocycles. The Labute approximate surface area is 106 Å². The highest BCUT2D eigenvalue weighted by Crippen LogP contribution is 2.08. The smallest absolute Gasteiger partial charge is 0.126 e. The van der Waals surface area contributed by atoms with Crippen molar-refractivity contribution < 1.29 is 13.9 Å². The summed E-state index contributed by atoms with van der Waals surface area (Å²) in [5.74, 6) is 0. The predicted molar refractivity (Wildman–Crippen MR) is 68.8 cm³/mol. The van der Waals surface area contributed by atoms with Crippen LogP contribution in [0.15, 0.2) is 48.5 Å². The van der Waals surface area contributed by atoms with Crippen molar-refractivity contribution in [2.45, 2.75) is 6.23 Å². The van der Waals surface area contributed by atoms with Crippen molar-refractivity contribution in [1.29, 1.82) is 0 Å². The highest BCUT2D eigenvalue weighted by atomic mass is 19.1. The van der Waals surface area contributed by atoms with Crippen molar-refractivity contribution in [3.63, 3.8) is 0 Å². The van der Waals surface area contributed by atoms with Gasteiger partial charge in [-0.15, -0.1) is 0 Å². The van der Waals surface area contributed by atoms with Gasteiger partial charge < -0.3 is 10.5 Å². The fourth-order valence-corrected chi connectivity index (χ4v) is 1.05. The van der Waals surface area contributed by atoms with E-state index in [1.165, 1.54) is 18.4 Å². The first-order valence-corrected chi connectivity index (χ1v) is 5.36. The zero-order valence-corrected chi connectivity index (χ0v) is 10.3. The molecule has 0 aromatic carbocycles. The van der Waals surface area contributed by atoms with Crippen LogP contribution in [0.1, 0.15) is 0 Å². The molecule has 102 valence electrons. The van der Waals surface area contributed by atoms with Crippen molar-refractivity contribution in [1.82, 2.24) is 16.2 Å². The topological polar surface area (TPSA) is 56.3 Å². The maximum Gasteiger partial charge on any atom is 0.126 e. The Balaban J connectivity index is 4.30. The van der Waals surface area contributed by atoms with Crippen LogP contribution in [-0.4, -0.2) is 31.6 Å². The minimum Gasteiger partial charge on any atom is -0.375 e. The second kappa shape index (κ2) is 10.6. The lowest BCUT2D eigenvalue weighted by Crippen LogP contribution is -2.30. The summed E-state index contributed by atoms with van der Waals surface area (Å²) in [6.45, 7) is 2.98. The van der Waals surface area contributed by atoms with Gasteiger partial charge in [0.15, 0.2) is 0 Å². The van der Waals surface area contributed by atoms with Crippen LogP contribution >= 0.6 is 0 Å². The van der Waals surface area contributed by atoms with Gasteiger partial charge in [0.05, 0.1) is 6.33 Å². The van der Waals surface area contributed by atoms with Crippen LogP contribution in [0.3, 0.4) is 0 Å². The van der Waals surface area contributed by atoms with Crippen LogP contribution in [0.4, 0.5) is 8.78 Å². The molecule has 0 aliphatic heterocycles. The quantitative estimate of drug-likeness (QED) is 0.284. The third kappa shape index (κ3) is 7.72. The third-order valence-electron chi connectivity index (χ3n) is 1.99. The number of aliphatic hydroxyl groups excluding tert-OH is 1. The van der Waals surface area contributed by atoms with Crippen molar-refractivity contribution in [3.05, 3.63) is 48.5 Å². The summed E-state index contributed by atoms with van der Waals surface area (Å²) in [7, 11) is 1.68. The molecule has 4 N–H and O–H groups in total. The molecule has 0 amide bonds. The van der Waals surface area contributed by atoms with E-state index in [2.05, 4.69) is 22.7 Å². The number of hydrazine groups is 1. The summed E-state index contributed by atoms with van der Waals surface area (Å²) in [5.41, 5.74) is 6.02. The largest absolute Gasteiger partial charge is 0.375 e. The Morgan fingerprint density at radius 1 is 1.50 bits per heavy atom. The van der Waals surface area contributed by atoms with Crippen molar-refractivity contribution in [3.8, 4) is 0 Å². The maximum atomic E-state index is 12.5. The Bertz CT molecular complexity index is 327. The molecule has 0 fully saturated rings. The molecule has 0 spiro atoms. The van der Waals surface area contributed by atoms with Gasteiger partial charge in [0.25, 0.3) is 0 Å². The first-order valence-electron chi connectivity index (χ1n) is 5.36. The molecule has 0 aliphatic carbocycles. The number of allylic oxidation sites excluding steroid dienone is 2. The Hall–Kier alpha value is -1.50. The molecule has 0 aliphatic rings. The Morgan fingerprint density at radius 3 is 2.78 bits per heavy atom. The van der Waals surface area contributed by atoms with Gasteiger partial charge in [0.2, 0.25) is 0 Å². The number of hydrogen-bond donors (Lipinski definition) is 4. The minimum absolute atomic E-state index is 0.179. The van der Waals surface area contributed by atoms with E-state index in [4.69, 9.17) is 0 Å². The molecular weight excluding hydrogens is 240 g/mol. The van der Waals surface area contributed by atoms with Crippen molar-refractivity contribution >= 4 is 0 Å². The fraction of sp³-hybridized carbons (Fsp3) is 0.333. The summed E-state index contributed by atoms with van der Waals surface area (Å²) in [4.78, 5) is 0. The number of rotatable bonds is 9. The molecule has 1 atom stereocenters. The lowest BCUT2D eigenvalue weighted by molar-refractivity contribution is 0.188. The van der Waals surface area contributed by atoms with Gasteiger partial charge in [-0.2, -0.15) is 0 Å². The van der Waals surface area contributed by atoms with Crippen LogP contribution in [0, 0.1) is 0 Å². The van der Waals surface area contributed by atoms with E-state index < -0.39 is 12.9 Å². The molecule has 1 unspecified atom stereocenters. The van der Waals surface area contributed by atoms with E-state index in [9.17, 15) is 13.9 Å². The Morgan fingerprint density at radius 2 is 2.22 bits per heavy atom. The second-order valence-corrected chi connectivity index (χ2v) is 3.33. The lowest BCUT2D eigenvalue weighted by Gasteiger charge is -2.12. The van der Waals surface area contributed by atoms with Gasteiger partial charge in [-0.1, -0.05) is 12.7 Å². The summed E-state index contributed by atoms with van der Waals surface area (Å²) < 4.78 is 24.3. The lowest BCUT2D eigenvalue weighted by atomic mass is 10.1. The summed E-state index contributed by atoms with van der Waals surface area (Å²) in [6.07, 6.45) is 4.94. The van der Waals surface area contributed by atoms with Crippen LogP contribution < -0.4 is 16.2 Å². The van der Waals surface area contributed by atoms with E-state index >= 15 is 0 Å². The SMILES string of the molecule is C=C(CF)/C(=C\C=C\F)CNC(O)/C=C/NNC. The van der Waals surface area contributed by atoms with E-state index in [0.717, 1.165) is 6.08 Å². The van der Waals surface area contributed by atoms with E-state index in [-0.39, 0.29) is 12.1 Å². The second-order valence-electron chi connectivity index (χ2n) is 3.33. The molecule has 18 heavy (non-hydrogen) atoms. The molecule has 0 aromatic heterocycles. The van der Waals surface area contributed by atoms with Gasteiger partial charge in [-0.3, -0.25) is 5.32 Å². The zero-order chi connectivity index (χ0) is 13.8. The number of nitrogens with one attached hydrogen (secondary N) is 3. The van der Waals surface area contributed by atoms with Gasteiger partial charge in [-0.25, -0.2) is 14.2 Å². The van der Waals surface area contributed by atoms with E-state index in [1.54, 1.807) is 7.05 Å². The third-order valence-corrected chi connectivity index (χ3v) is 1.99. The first kappa shape index (κ1) is 16.5. The summed E-state index contributed by atoms with van der Waals surface area (Å²) >= 11 is 0. The normalized spacial score (nSPS) is 14.3. The molecule has 0 rings (SSSR count). The van der Waals surface area contributed by atoms with Crippen LogP contribution in [0.2, 0.25) is 0 Å². The number of aliphatic hydroxyl groups is 1. The predicted octanol–water partition coefficient (Wildman–Crippen LogP) is 1.07. The van der Waals surface area contributed by atoms with Crippen molar-refractivity contribution in [2.75, 3.05) is 20.3 Å². The molecule has 0 bridgehead atoms. The zero-order valence-electron chi connectivity index (χ0n) is 10.3. The summed E-state index contributed by atoms with van der Waals surface area (Å²) in [5, 5.41) is 12.2. The van der Waals surface area contributed by atoms with Gasteiger partial charge in [-0.05, 0) is 23.3 Å². The first-order chi connectivity index (χ1) is 8.65. The summed E-state index contributed by atoms with van der Waals surface area (Å²) in [6, 6.07) is 0. The monoisotopic (exact) mass is 259 g/mol. The van der Waals surface area contributed by atoms with E-state index in [0.29, 0.717) is 11.9 Å². The molecule has 0 aromatic rings. The average molecular weight is 259 g/mol. The molecule has 4 nitrogen and oxygen atoms in total. The minimum atomic E-state index is -0.906. The van der Waals surface area contributed by atoms with Crippen LogP contribution in [-0.2, 0) is 0 Å². The van der Waals surface area contributed by atoms with Crippen molar-refractivity contribution in [2.24, 2.45) is 0 Å². The van der Waals surface area contributed by atoms with Crippen LogP contribution in [0.5, 0.6) is 0 Å². The standard InChI is InChI=1S/C12H19F2N3O/c1-10(8-14)11(4-3-6-13)9-16-12(18)5-7-17-15-2/h3-7,12,15-18H,1,8-9H2,2H3/b6-3+,7-5+,11-4-. The van der Waals surface area contributed by atoms with E-state index in [1.807, 2.05) is 0 Å². The number of hydrogen-bond acceptors (Lipinski definition) is 4. The van der Waals surface area contributed by atoms with Gasteiger partial charge >= 0.3 is 0 Å². The molecule has 6 heteroatoms. The Kier molecular flexibility index (Phi) is 9.75. The molecule has 0 saturated heterocycles. The molecular formula is C12H19F2N3O.